The van der Waals surface area contributed by atoms with Gasteiger partial charge in [-0.15, -0.1) is 12.4 Å². The normalized spacial score (nSPS) is 13.4. The van der Waals surface area contributed by atoms with Gasteiger partial charge in [0.25, 0.3) is 11.8 Å². The predicted octanol–water partition coefficient (Wildman–Crippen LogP) is 5.80. The van der Waals surface area contributed by atoms with Crippen molar-refractivity contribution in [3.8, 4) is 11.5 Å². The number of sulfonamides is 1. The lowest BCUT2D eigenvalue weighted by Crippen LogP contribution is -2.38. The first-order chi connectivity index (χ1) is 23.3. The smallest absolute Gasteiger partial charge is 0.255 e. The summed E-state index contributed by atoms with van der Waals surface area (Å²) in [6, 6.07) is 23.3. The van der Waals surface area contributed by atoms with Crippen LogP contribution in [0.1, 0.15) is 46.0 Å². The van der Waals surface area contributed by atoms with Crippen LogP contribution in [0.4, 0.5) is 27.1 Å². The standard InChI is InChI=1S/C35H37FN6O6S.ClH/c1-22(43)38-32-20-27(9-13-31(32)36)40-35(45)24-5-7-25(8-6-24)39-26-15-17-42(18-16-26)21-23-3-11-29(12-4-23)48-33-14-10-28(41-49(2,46)47)19-30(33)34(37)44;/h3-14,19-20,26,39,41H,15-18,21H2,1-2H3,(H2,37,44)(H,38,43)(H,40,45);1H. The van der Waals surface area contributed by atoms with E-state index in [4.69, 9.17) is 10.5 Å². The zero-order chi connectivity index (χ0) is 35.1. The number of likely N-dealkylation sites (tertiary alicyclic amines) is 1. The summed E-state index contributed by atoms with van der Waals surface area (Å²) in [6.45, 7) is 3.83. The highest BCUT2D eigenvalue weighted by molar-refractivity contribution is 7.92. The van der Waals surface area contributed by atoms with Crippen LogP contribution in [0.15, 0.2) is 84.9 Å². The quantitative estimate of drug-likeness (QED) is 0.122. The second-order valence-electron chi connectivity index (χ2n) is 11.8. The Morgan fingerprint density at radius 1 is 0.880 bits per heavy atom. The van der Waals surface area contributed by atoms with E-state index in [0.29, 0.717) is 17.0 Å². The van der Waals surface area contributed by atoms with Gasteiger partial charge >= 0.3 is 0 Å². The number of benzene rings is 4. The number of amides is 3. The third-order valence-electron chi connectivity index (χ3n) is 7.75. The molecule has 0 aromatic heterocycles. The van der Waals surface area contributed by atoms with Crippen molar-refractivity contribution < 1.29 is 31.9 Å². The number of halogens is 2. The number of nitrogens with zero attached hydrogens (tertiary/aromatic N) is 1. The highest BCUT2D eigenvalue weighted by atomic mass is 35.5. The van der Waals surface area contributed by atoms with Gasteiger partial charge in [-0.25, -0.2) is 12.8 Å². The van der Waals surface area contributed by atoms with E-state index in [-0.39, 0.29) is 47.0 Å². The van der Waals surface area contributed by atoms with Crippen LogP contribution in [0.25, 0.3) is 0 Å². The monoisotopic (exact) mass is 724 g/mol. The van der Waals surface area contributed by atoms with Crippen LogP contribution in [0, 0.1) is 5.82 Å². The molecule has 1 heterocycles. The molecule has 4 aromatic carbocycles. The van der Waals surface area contributed by atoms with E-state index in [1.54, 1.807) is 12.1 Å². The molecule has 4 aromatic rings. The van der Waals surface area contributed by atoms with Crippen LogP contribution < -0.4 is 31.1 Å². The molecule has 50 heavy (non-hydrogen) atoms. The minimum Gasteiger partial charge on any atom is -0.457 e. The highest BCUT2D eigenvalue weighted by Crippen LogP contribution is 2.29. The average Bonchev–Trinajstić information content (AvgIpc) is 3.04. The third kappa shape index (κ3) is 10.7. The van der Waals surface area contributed by atoms with Gasteiger partial charge < -0.3 is 26.4 Å². The molecule has 0 radical (unpaired) electrons. The predicted molar refractivity (Wildman–Crippen MR) is 194 cm³/mol. The van der Waals surface area contributed by atoms with E-state index in [2.05, 4.69) is 25.6 Å². The van der Waals surface area contributed by atoms with E-state index >= 15 is 0 Å². The molecular weight excluding hydrogens is 687 g/mol. The number of hydrogen-bond donors (Lipinski definition) is 5. The molecule has 1 aliphatic rings. The van der Waals surface area contributed by atoms with Gasteiger partial charge in [0.05, 0.1) is 17.5 Å². The molecule has 12 nitrogen and oxygen atoms in total. The van der Waals surface area contributed by atoms with Gasteiger partial charge in [-0.1, -0.05) is 12.1 Å². The van der Waals surface area contributed by atoms with Crippen molar-refractivity contribution in [1.82, 2.24) is 4.90 Å². The number of rotatable bonds is 12. The van der Waals surface area contributed by atoms with E-state index in [1.165, 1.54) is 43.3 Å². The lowest BCUT2D eigenvalue weighted by molar-refractivity contribution is -0.114. The number of carbonyl (C=O) groups excluding carboxylic acids is 3. The molecule has 264 valence electrons. The van der Waals surface area contributed by atoms with Gasteiger partial charge in [0.1, 0.15) is 17.3 Å². The molecule has 0 aliphatic carbocycles. The molecule has 0 atom stereocenters. The second-order valence-corrected chi connectivity index (χ2v) is 13.5. The second kappa shape index (κ2) is 16.5. The summed E-state index contributed by atoms with van der Waals surface area (Å²) in [5, 5.41) is 8.67. The molecule has 0 spiro atoms. The van der Waals surface area contributed by atoms with Crippen LogP contribution in [0.3, 0.4) is 0 Å². The Bertz CT molecular complexity index is 1950. The summed E-state index contributed by atoms with van der Waals surface area (Å²) in [5.41, 5.74) is 8.56. The van der Waals surface area contributed by atoms with Crippen molar-refractivity contribution in [1.29, 1.82) is 0 Å². The molecule has 1 saturated heterocycles. The number of primary amides is 1. The molecule has 5 rings (SSSR count). The maximum Gasteiger partial charge on any atom is 0.255 e. The summed E-state index contributed by atoms with van der Waals surface area (Å²) in [7, 11) is -3.52. The largest absolute Gasteiger partial charge is 0.457 e. The molecule has 0 bridgehead atoms. The fourth-order valence-corrected chi connectivity index (χ4v) is 5.97. The average molecular weight is 725 g/mol. The van der Waals surface area contributed by atoms with Gasteiger partial charge in [0.15, 0.2) is 0 Å². The number of hydrogen-bond acceptors (Lipinski definition) is 8. The Morgan fingerprint density at radius 3 is 2.14 bits per heavy atom. The molecule has 6 N–H and O–H groups in total. The van der Waals surface area contributed by atoms with Crippen molar-refractivity contribution in [2.45, 2.75) is 32.4 Å². The molecular formula is C35H38ClFN6O6S. The SMILES string of the molecule is CC(=O)Nc1cc(NC(=O)c2ccc(NC3CCN(Cc4ccc(Oc5ccc(NS(C)(=O)=O)cc5C(N)=O)cc4)CC3)cc2)ccc1F.Cl. The number of nitrogens with one attached hydrogen (secondary N) is 4. The minimum atomic E-state index is -3.52. The van der Waals surface area contributed by atoms with E-state index in [0.717, 1.165) is 50.0 Å². The van der Waals surface area contributed by atoms with Crippen LogP contribution in [-0.4, -0.2) is 56.4 Å². The third-order valence-corrected chi connectivity index (χ3v) is 8.35. The lowest BCUT2D eigenvalue weighted by atomic mass is 10.0. The zero-order valence-corrected chi connectivity index (χ0v) is 29.0. The van der Waals surface area contributed by atoms with Gasteiger partial charge in [0, 0.05) is 55.2 Å². The Morgan fingerprint density at radius 2 is 1.52 bits per heavy atom. The van der Waals surface area contributed by atoms with Crippen LogP contribution in [0.2, 0.25) is 0 Å². The van der Waals surface area contributed by atoms with Gasteiger partial charge in [-0.3, -0.25) is 24.0 Å². The highest BCUT2D eigenvalue weighted by Gasteiger charge is 2.20. The summed E-state index contributed by atoms with van der Waals surface area (Å²) in [5.74, 6) is -1.38. The van der Waals surface area contributed by atoms with Gasteiger partial charge in [0.2, 0.25) is 15.9 Å². The summed E-state index contributed by atoms with van der Waals surface area (Å²) in [6.07, 6.45) is 2.89. The zero-order valence-electron chi connectivity index (χ0n) is 27.4. The lowest BCUT2D eigenvalue weighted by Gasteiger charge is -2.33. The Kier molecular flexibility index (Phi) is 12.4. The van der Waals surface area contributed by atoms with E-state index in [9.17, 15) is 27.2 Å². The van der Waals surface area contributed by atoms with E-state index < -0.39 is 27.7 Å². The maximum absolute atomic E-state index is 13.9. The van der Waals surface area contributed by atoms with Crippen molar-refractivity contribution in [2.24, 2.45) is 5.73 Å². The number of ether oxygens (including phenoxy) is 1. The number of piperidine rings is 1. The van der Waals surface area contributed by atoms with Crippen LogP contribution in [-0.2, 0) is 21.4 Å². The molecule has 1 aliphatic heterocycles. The molecule has 1 fully saturated rings. The van der Waals surface area contributed by atoms with Crippen LogP contribution >= 0.6 is 12.4 Å². The summed E-state index contributed by atoms with van der Waals surface area (Å²) in [4.78, 5) is 38.4. The molecule has 15 heteroatoms. The summed E-state index contributed by atoms with van der Waals surface area (Å²) < 4.78 is 45.2. The first-order valence-electron chi connectivity index (χ1n) is 15.5. The molecule has 0 saturated carbocycles. The molecule has 3 amide bonds. The Balaban J connectivity index is 0.00000562. The van der Waals surface area contributed by atoms with E-state index in [1.807, 2.05) is 36.4 Å². The fraction of sp³-hybridized carbons (Fsp3) is 0.229. The van der Waals surface area contributed by atoms with Gasteiger partial charge in [-0.2, -0.15) is 0 Å². The van der Waals surface area contributed by atoms with Crippen molar-refractivity contribution >= 4 is 62.9 Å². The van der Waals surface area contributed by atoms with Crippen molar-refractivity contribution in [2.75, 3.05) is 40.0 Å². The van der Waals surface area contributed by atoms with Crippen molar-refractivity contribution in [3.05, 3.63) is 107 Å². The van der Waals surface area contributed by atoms with Gasteiger partial charge in [-0.05, 0) is 91.2 Å². The number of nitrogens with two attached hydrogens (primary N) is 1. The Labute approximate surface area is 296 Å². The first kappa shape index (κ1) is 37.6. The van der Waals surface area contributed by atoms with Crippen molar-refractivity contribution in [3.63, 3.8) is 0 Å². The Hall–Kier alpha value is -5.18. The fourth-order valence-electron chi connectivity index (χ4n) is 5.42. The topological polar surface area (TPSA) is 172 Å². The summed E-state index contributed by atoms with van der Waals surface area (Å²) >= 11 is 0. The number of anilines is 4. The number of carbonyl (C=O) groups is 3. The minimum absolute atomic E-state index is 0. The van der Waals surface area contributed by atoms with Crippen LogP contribution in [0.5, 0.6) is 11.5 Å². The molecule has 0 unspecified atom stereocenters. The first-order valence-corrected chi connectivity index (χ1v) is 17.4. The maximum atomic E-state index is 13.9.